The molecule has 16 heavy (non-hydrogen) atoms. The fraction of sp³-hybridized carbons (Fsp3) is 0.875. The van der Waals surface area contributed by atoms with Crippen LogP contribution in [0.5, 0.6) is 0 Å². The summed E-state index contributed by atoms with van der Waals surface area (Å²) in [4.78, 5) is 0. The number of sulfone groups is 1. The lowest BCUT2D eigenvalue weighted by molar-refractivity contribution is 0.459. The molecule has 7 nitrogen and oxygen atoms in total. The van der Waals surface area contributed by atoms with Gasteiger partial charge in [-0.25, -0.2) is 13.1 Å². The highest BCUT2D eigenvalue weighted by Crippen LogP contribution is 2.23. The van der Waals surface area contributed by atoms with Gasteiger partial charge in [-0.2, -0.15) is 0 Å². The van der Waals surface area contributed by atoms with Gasteiger partial charge in [-0.1, -0.05) is 6.92 Å². The van der Waals surface area contributed by atoms with Gasteiger partial charge in [0.1, 0.15) is 0 Å². The van der Waals surface area contributed by atoms with E-state index in [0.717, 1.165) is 6.54 Å². The molecule has 1 aliphatic heterocycles. The molecule has 0 aromatic carbocycles. The van der Waals surface area contributed by atoms with Crippen molar-refractivity contribution in [1.29, 1.82) is 0 Å². The van der Waals surface area contributed by atoms with E-state index in [1.807, 2.05) is 6.92 Å². The number of hydrogen-bond donors (Lipinski definition) is 1. The van der Waals surface area contributed by atoms with Crippen LogP contribution in [0, 0.1) is 0 Å². The molecule has 90 valence electrons. The minimum atomic E-state index is -2.90. The first-order chi connectivity index (χ1) is 7.62. The molecule has 1 fully saturated rings. The van der Waals surface area contributed by atoms with Crippen molar-refractivity contribution in [1.82, 2.24) is 25.5 Å². The molecule has 1 N–H and O–H groups in total. The molecule has 2 heterocycles. The van der Waals surface area contributed by atoms with Crippen LogP contribution in [-0.2, 0) is 16.4 Å². The van der Waals surface area contributed by atoms with Gasteiger partial charge in [0.05, 0.1) is 24.1 Å². The van der Waals surface area contributed by atoms with Gasteiger partial charge in [0, 0.05) is 0 Å². The van der Waals surface area contributed by atoms with Crippen LogP contribution < -0.4 is 5.32 Å². The summed E-state index contributed by atoms with van der Waals surface area (Å²) in [5.74, 6) is 1.08. The molecule has 1 saturated heterocycles. The first-order valence-electron chi connectivity index (χ1n) is 5.30. The van der Waals surface area contributed by atoms with Crippen LogP contribution in [0.3, 0.4) is 0 Å². The van der Waals surface area contributed by atoms with Crippen molar-refractivity contribution < 1.29 is 8.42 Å². The van der Waals surface area contributed by atoms with Crippen molar-refractivity contribution in [2.45, 2.75) is 25.9 Å². The Morgan fingerprint density at radius 1 is 1.56 bits per heavy atom. The molecule has 0 bridgehead atoms. The van der Waals surface area contributed by atoms with Crippen molar-refractivity contribution in [2.24, 2.45) is 0 Å². The predicted octanol–water partition coefficient (Wildman–Crippen LogP) is -0.858. The SMILES string of the molecule is CCNCc1nnnn1C1CCS(=O)(=O)C1. The van der Waals surface area contributed by atoms with Crippen LogP contribution in [0.4, 0.5) is 0 Å². The molecular weight excluding hydrogens is 230 g/mol. The lowest BCUT2D eigenvalue weighted by Gasteiger charge is -2.09. The van der Waals surface area contributed by atoms with Gasteiger partial charge in [-0.05, 0) is 23.4 Å². The minimum absolute atomic E-state index is 0.103. The zero-order valence-electron chi connectivity index (χ0n) is 9.13. The summed E-state index contributed by atoms with van der Waals surface area (Å²) in [6.07, 6.45) is 0.604. The van der Waals surface area contributed by atoms with Crippen molar-refractivity contribution >= 4 is 9.84 Å². The third-order valence-electron chi connectivity index (χ3n) is 2.65. The fourth-order valence-electron chi connectivity index (χ4n) is 1.82. The molecule has 2 rings (SSSR count). The highest BCUT2D eigenvalue weighted by atomic mass is 32.2. The van der Waals surface area contributed by atoms with Gasteiger partial charge >= 0.3 is 0 Å². The zero-order valence-corrected chi connectivity index (χ0v) is 9.94. The Bertz CT molecular complexity index is 455. The normalized spacial score (nSPS) is 23.7. The molecule has 0 spiro atoms. The summed E-state index contributed by atoms with van der Waals surface area (Å²) in [6.45, 7) is 3.39. The minimum Gasteiger partial charge on any atom is -0.310 e. The molecule has 0 saturated carbocycles. The Hall–Kier alpha value is -1.02. The number of rotatable bonds is 4. The van der Waals surface area contributed by atoms with E-state index >= 15 is 0 Å². The van der Waals surface area contributed by atoms with Gasteiger partial charge in [-0.15, -0.1) is 5.10 Å². The molecule has 1 aromatic heterocycles. The molecule has 0 amide bonds. The molecule has 1 aliphatic rings. The number of tetrazole rings is 1. The molecule has 1 atom stereocenters. The van der Waals surface area contributed by atoms with Crippen LogP contribution in [0.1, 0.15) is 25.2 Å². The monoisotopic (exact) mass is 245 g/mol. The number of nitrogens with zero attached hydrogens (tertiary/aromatic N) is 4. The second-order valence-corrected chi connectivity index (χ2v) is 6.11. The van der Waals surface area contributed by atoms with Crippen LogP contribution in [0.2, 0.25) is 0 Å². The predicted molar refractivity (Wildman–Crippen MR) is 57.5 cm³/mol. The van der Waals surface area contributed by atoms with Crippen molar-refractivity contribution in [2.75, 3.05) is 18.1 Å². The average molecular weight is 245 g/mol. The van der Waals surface area contributed by atoms with Crippen molar-refractivity contribution in [3.63, 3.8) is 0 Å². The van der Waals surface area contributed by atoms with Crippen molar-refractivity contribution in [3.05, 3.63) is 5.82 Å². The van der Waals surface area contributed by atoms with Crippen LogP contribution >= 0.6 is 0 Å². The number of hydrogen-bond acceptors (Lipinski definition) is 6. The smallest absolute Gasteiger partial charge is 0.165 e. The van der Waals surface area contributed by atoms with Gasteiger partial charge in [-0.3, -0.25) is 0 Å². The highest BCUT2D eigenvalue weighted by molar-refractivity contribution is 7.91. The van der Waals surface area contributed by atoms with E-state index in [4.69, 9.17) is 0 Å². The fourth-order valence-corrected chi connectivity index (χ4v) is 3.51. The van der Waals surface area contributed by atoms with E-state index in [2.05, 4.69) is 20.8 Å². The quantitative estimate of drug-likeness (QED) is 0.742. The van der Waals surface area contributed by atoms with E-state index in [-0.39, 0.29) is 17.5 Å². The van der Waals surface area contributed by atoms with E-state index in [1.54, 1.807) is 4.68 Å². The lowest BCUT2D eigenvalue weighted by atomic mass is 10.3. The van der Waals surface area contributed by atoms with E-state index in [1.165, 1.54) is 0 Å². The van der Waals surface area contributed by atoms with Gasteiger partial charge < -0.3 is 5.32 Å². The van der Waals surface area contributed by atoms with Gasteiger partial charge in [0.25, 0.3) is 0 Å². The zero-order chi connectivity index (χ0) is 11.6. The molecule has 1 unspecified atom stereocenters. The number of aromatic nitrogens is 4. The topological polar surface area (TPSA) is 89.8 Å². The molecule has 0 aliphatic carbocycles. The summed E-state index contributed by atoms with van der Waals surface area (Å²) in [7, 11) is -2.90. The van der Waals surface area contributed by atoms with E-state index in [9.17, 15) is 8.42 Å². The average Bonchev–Trinajstić information content (AvgIpc) is 2.81. The lowest BCUT2D eigenvalue weighted by Crippen LogP contribution is -2.20. The summed E-state index contributed by atoms with van der Waals surface area (Å²) in [6, 6.07) is -0.103. The Labute approximate surface area is 94.1 Å². The molecular formula is C8H15N5O2S. The first kappa shape index (κ1) is 11.5. The van der Waals surface area contributed by atoms with Gasteiger partial charge in [0.15, 0.2) is 15.7 Å². The second kappa shape index (κ2) is 4.46. The maximum absolute atomic E-state index is 11.4. The Morgan fingerprint density at radius 3 is 3.00 bits per heavy atom. The van der Waals surface area contributed by atoms with Crippen LogP contribution in [-0.4, -0.2) is 46.7 Å². The molecule has 0 radical (unpaired) electrons. The number of nitrogens with one attached hydrogen (secondary N) is 1. The van der Waals surface area contributed by atoms with Crippen LogP contribution in [0.25, 0.3) is 0 Å². The summed E-state index contributed by atoms with van der Waals surface area (Å²) < 4.78 is 24.4. The largest absolute Gasteiger partial charge is 0.310 e. The van der Waals surface area contributed by atoms with Crippen molar-refractivity contribution in [3.8, 4) is 0 Å². The molecule has 1 aromatic rings. The summed E-state index contributed by atoms with van der Waals surface area (Å²) in [5.41, 5.74) is 0. The third kappa shape index (κ3) is 2.38. The Kier molecular flexibility index (Phi) is 3.20. The maximum Gasteiger partial charge on any atom is 0.165 e. The third-order valence-corrected chi connectivity index (χ3v) is 4.40. The van der Waals surface area contributed by atoms with E-state index < -0.39 is 9.84 Å². The molecule has 8 heteroatoms. The maximum atomic E-state index is 11.4. The first-order valence-corrected chi connectivity index (χ1v) is 7.12. The second-order valence-electron chi connectivity index (χ2n) is 3.88. The summed E-state index contributed by atoms with van der Waals surface area (Å²) >= 11 is 0. The Morgan fingerprint density at radius 2 is 2.38 bits per heavy atom. The highest BCUT2D eigenvalue weighted by Gasteiger charge is 2.31. The standard InChI is InChI=1S/C8H15N5O2S/c1-2-9-5-8-10-11-12-13(8)7-3-4-16(14,15)6-7/h7,9H,2-6H2,1H3. The van der Waals surface area contributed by atoms with Crippen LogP contribution in [0.15, 0.2) is 0 Å². The van der Waals surface area contributed by atoms with Gasteiger partial charge in [0.2, 0.25) is 0 Å². The summed E-state index contributed by atoms with van der Waals surface area (Å²) in [5, 5.41) is 14.5. The van der Waals surface area contributed by atoms with E-state index in [0.29, 0.717) is 18.8 Å². The Balaban J connectivity index is 2.12.